The van der Waals surface area contributed by atoms with E-state index in [9.17, 15) is 14.7 Å². The molecule has 2 aromatic rings. The zero-order valence-electron chi connectivity index (χ0n) is 15.4. The number of carboxylic acid groups (broad SMARTS) is 1. The Hall–Kier alpha value is -2.90. The molecule has 1 amide bonds. The lowest BCUT2D eigenvalue weighted by Gasteiger charge is -2.31. The second-order valence-electron chi connectivity index (χ2n) is 6.29. The number of rotatable bonds is 8. The Morgan fingerprint density at radius 1 is 1.27 bits per heavy atom. The minimum Gasteiger partial charge on any atom is -0.494 e. The second-order valence-corrected chi connectivity index (χ2v) is 6.29. The molecule has 0 saturated heterocycles. The van der Waals surface area contributed by atoms with Crippen molar-refractivity contribution >= 4 is 11.9 Å². The molecule has 1 aromatic carbocycles. The number of benzene rings is 1. The first-order valence-corrected chi connectivity index (χ1v) is 8.31. The van der Waals surface area contributed by atoms with Crippen molar-refractivity contribution in [1.82, 2.24) is 15.0 Å². The molecule has 26 heavy (non-hydrogen) atoms. The van der Waals surface area contributed by atoms with Gasteiger partial charge in [-0.25, -0.2) is 4.79 Å². The lowest BCUT2D eigenvalue weighted by molar-refractivity contribution is -0.155. The van der Waals surface area contributed by atoms with Gasteiger partial charge in [0.15, 0.2) is 0 Å². The number of carbonyl (C=O) groups is 2. The van der Waals surface area contributed by atoms with E-state index in [1.165, 1.54) is 25.8 Å². The van der Waals surface area contributed by atoms with Crippen LogP contribution in [0.1, 0.15) is 33.1 Å². The van der Waals surface area contributed by atoms with Crippen LogP contribution in [0, 0.1) is 0 Å². The van der Waals surface area contributed by atoms with Crippen LogP contribution in [-0.4, -0.2) is 51.2 Å². The van der Waals surface area contributed by atoms with E-state index in [1.807, 2.05) is 31.2 Å². The SMILES string of the molecule is CCOc1ccc(-c2noc(CCC(=O)N(C)C(C)(C)C(=O)O)n2)cc1. The van der Waals surface area contributed by atoms with E-state index in [2.05, 4.69) is 10.1 Å². The molecule has 8 heteroatoms. The van der Waals surface area contributed by atoms with Gasteiger partial charge < -0.3 is 19.3 Å². The summed E-state index contributed by atoms with van der Waals surface area (Å²) in [6.45, 7) is 5.45. The van der Waals surface area contributed by atoms with Crippen LogP contribution < -0.4 is 4.74 Å². The maximum Gasteiger partial charge on any atom is 0.329 e. The van der Waals surface area contributed by atoms with Gasteiger partial charge in [0, 0.05) is 25.5 Å². The predicted molar refractivity (Wildman–Crippen MR) is 93.7 cm³/mol. The zero-order chi connectivity index (χ0) is 19.3. The average Bonchev–Trinajstić information content (AvgIpc) is 3.08. The molecule has 0 aliphatic heterocycles. The van der Waals surface area contributed by atoms with Gasteiger partial charge in [0.2, 0.25) is 17.6 Å². The number of amides is 1. The highest BCUT2D eigenvalue weighted by atomic mass is 16.5. The summed E-state index contributed by atoms with van der Waals surface area (Å²) in [6, 6.07) is 7.30. The Labute approximate surface area is 151 Å². The van der Waals surface area contributed by atoms with Crippen LogP contribution in [0.25, 0.3) is 11.4 Å². The van der Waals surface area contributed by atoms with E-state index in [1.54, 1.807) is 0 Å². The summed E-state index contributed by atoms with van der Waals surface area (Å²) < 4.78 is 10.6. The van der Waals surface area contributed by atoms with Crippen molar-refractivity contribution in [2.24, 2.45) is 0 Å². The molecule has 1 N–H and O–H groups in total. The molecule has 0 radical (unpaired) electrons. The molecule has 8 nitrogen and oxygen atoms in total. The normalized spacial score (nSPS) is 11.2. The van der Waals surface area contributed by atoms with Crippen molar-refractivity contribution < 1.29 is 24.0 Å². The number of hydrogen-bond acceptors (Lipinski definition) is 6. The molecule has 0 aliphatic carbocycles. The topological polar surface area (TPSA) is 106 Å². The number of ether oxygens (including phenoxy) is 1. The van der Waals surface area contributed by atoms with E-state index in [4.69, 9.17) is 9.26 Å². The molecule has 1 aromatic heterocycles. The van der Waals surface area contributed by atoms with Crippen LogP contribution in [0.15, 0.2) is 28.8 Å². The molecular formula is C18H23N3O5. The molecular weight excluding hydrogens is 338 g/mol. The van der Waals surface area contributed by atoms with Gasteiger partial charge in [-0.3, -0.25) is 4.79 Å². The minimum absolute atomic E-state index is 0.0815. The fourth-order valence-electron chi connectivity index (χ4n) is 2.18. The van der Waals surface area contributed by atoms with Crippen LogP contribution in [-0.2, 0) is 16.0 Å². The zero-order valence-corrected chi connectivity index (χ0v) is 15.4. The Balaban J connectivity index is 1.98. The maximum atomic E-state index is 12.2. The molecule has 0 saturated carbocycles. The number of carboxylic acids is 1. The van der Waals surface area contributed by atoms with Gasteiger partial charge in [0.05, 0.1) is 6.61 Å². The van der Waals surface area contributed by atoms with Gasteiger partial charge in [-0.1, -0.05) is 5.16 Å². The molecule has 1 heterocycles. The largest absolute Gasteiger partial charge is 0.494 e. The van der Waals surface area contributed by atoms with E-state index < -0.39 is 11.5 Å². The third-order valence-corrected chi connectivity index (χ3v) is 4.18. The highest BCUT2D eigenvalue weighted by Crippen LogP contribution is 2.21. The molecule has 0 spiro atoms. The van der Waals surface area contributed by atoms with Crippen LogP contribution in [0.2, 0.25) is 0 Å². The van der Waals surface area contributed by atoms with Crippen LogP contribution in [0.5, 0.6) is 5.75 Å². The van der Waals surface area contributed by atoms with E-state index in [0.29, 0.717) is 18.3 Å². The lowest BCUT2D eigenvalue weighted by atomic mass is 10.0. The molecule has 0 aliphatic rings. The van der Waals surface area contributed by atoms with Crippen molar-refractivity contribution in [2.75, 3.05) is 13.7 Å². The molecule has 0 fully saturated rings. The summed E-state index contributed by atoms with van der Waals surface area (Å²) in [6.07, 6.45) is 0.320. The van der Waals surface area contributed by atoms with Crippen molar-refractivity contribution in [3.63, 3.8) is 0 Å². The number of aliphatic carboxylic acids is 1. The summed E-state index contributed by atoms with van der Waals surface area (Å²) >= 11 is 0. The van der Waals surface area contributed by atoms with Gasteiger partial charge in [0.1, 0.15) is 11.3 Å². The first kappa shape index (κ1) is 19.4. The third kappa shape index (κ3) is 4.38. The molecule has 0 bridgehead atoms. The number of carbonyl (C=O) groups excluding carboxylic acids is 1. The number of likely N-dealkylation sites (N-methyl/N-ethyl adjacent to an activating group) is 1. The lowest BCUT2D eigenvalue weighted by Crippen LogP contribution is -2.50. The van der Waals surface area contributed by atoms with Gasteiger partial charge in [-0.15, -0.1) is 0 Å². The second kappa shape index (κ2) is 7.99. The maximum absolute atomic E-state index is 12.2. The molecule has 2 rings (SSSR count). The third-order valence-electron chi connectivity index (χ3n) is 4.18. The quantitative estimate of drug-likeness (QED) is 0.769. The van der Waals surface area contributed by atoms with E-state index in [0.717, 1.165) is 11.3 Å². The molecule has 140 valence electrons. The predicted octanol–water partition coefficient (Wildman–Crippen LogP) is 2.39. The van der Waals surface area contributed by atoms with Crippen LogP contribution >= 0.6 is 0 Å². The fraction of sp³-hybridized carbons (Fsp3) is 0.444. The van der Waals surface area contributed by atoms with Gasteiger partial charge >= 0.3 is 5.97 Å². The van der Waals surface area contributed by atoms with E-state index in [-0.39, 0.29) is 18.7 Å². The van der Waals surface area contributed by atoms with Crippen molar-refractivity contribution in [3.05, 3.63) is 30.2 Å². The van der Waals surface area contributed by atoms with Crippen LogP contribution in [0.3, 0.4) is 0 Å². The first-order chi connectivity index (χ1) is 12.3. The smallest absolute Gasteiger partial charge is 0.329 e. The van der Waals surface area contributed by atoms with E-state index >= 15 is 0 Å². The standard InChI is InChI=1S/C18H23N3O5/c1-5-25-13-8-6-12(7-9-13)16-19-14(26-20-16)10-11-15(22)21(4)18(2,3)17(23)24/h6-9H,5,10-11H2,1-4H3,(H,23,24). The summed E-state index contributed by atoms with van der Waals surface area (Å²) in [5.74, 6) is 0.135. The van der Waals surface area contributed by atoms with Crippen LogP contribution in [0.4, 0.5) is 0 Å². The summed E-state index contributed by atoms with van der Waals surface area (Å²) in [7, 11) is 1.47. The highest BCUT2D eigenvalue weighted by molar-refractivity contribution is 5.86. The average molecular weight is 361 g/mol. The highest BCUT2D eigenvalue weighted by Gasteiger charge is 2.34. The summed E-state index contributed by atoms with van der Waals surface area (Å²) in [5.41, 5.74) is -0.502. The minimum atomic E-state index is -1.28. The van der Waals surface area contributed by atoms with Crippen molar-refractivity contribution in [1.29, 1.82) is 0 Å². The summed E-state index contributed by atoms with van der Waals surface area (Å²) in [4.78, 5) is 28.9. The molecule has 0 atom stereocenters. The fourth-order valence-corrected chi connectivity index (χ4v) is 2.18. The van der Waals surface area contributed by atoms with Crippen molar-refractivity contribution in [2.45, 2.75) is 39.2 Å². The Morgan fingerprint density at radius 2 is 1.92 bits per heavy atom. The number of hydrogen-bond donors (Lipinski definition) is 1. The number of nitrogens with zero attached hydrogens (tertiary/aromatic N) is 3. The monoisotopic (exact) mass is 361 g/mol. The molecule has 0 unspecified atom stereocenters. The number of aryl methyl sites for hydroxylation is 1. The summed E-state index contributed by atoms with van der Waals surface area (Å²) in [5, 5.41) is 13.1. The Bertz CT molecular complexity index is 767. The Morgan fingerprint density at radius 3 is 2.50 bits per heavy atom. The van der Waals surface area contributed by atoms with Gasteiger partial charge in [-0.05, 0) is 45.0 Å². The van der Waals surface area contributed by atoms with Gasteiger partial charge in [-0.2, -0.15) is 4.98 Å². The Kier molecular flexibility index (Phi) is 5.97. The van der Waals surface area contributed by atoms with Crippen molar-refractivity contribution in [3.8, 4) is 17.1 Å². The first-order valence-electron chi connectivity index (χ1n) is 8.31. The number of aromatic nitrogens is 2. The van der Waals surface area contributed by atoms with Gasteiger partial charge in [0.25, 0.3) is 0 Å².